The van der Waals surface area contributed by atoms with Crippen LogP contribution < -0.4 is 14.2 Å². The van der Waals surface area contributed by atoms with Crippen LogP contribution in [0.15, 0.2) is 130 Å². The number of aromatic hydroxyl groups is 1. The number of ether oxygens (including phenoxy) is 2. The first kappa shape index (κ1) is 41.9. The first-order valence-corrected chi connectivity index (χ1v) is 21.2. The number of hydrogen-bond acceptors (Lipinski definition) is 9. The highest BCUT2D eigenvalue weighted by atomic mass is 32.2. The van der Waals surface area contributed by atoms with Crippen molar-refractivity contribution in [2.75, 3.05) is 6.61 Å². The van der Waals surface area contributed by atoms with Gasteiger partial charge in [-0.25, -0.2) is 0 Å². The van der Waals surface area contributed by atoms with E-state index in [1.165, 1.54) is 24.8 Å². The molecular formula is C45H49NO8S2. The Morgan fingerprint density at radius 3 is 2.23 bits per heavy atom. The Morgan fingerprint density at radius 1 is 0.768 bits per heavy atom. The molecule has 5 aromatic carbocycles. The van der Waals surface area contributed by atoms with Crippen molar-refractivity contribution in [1.29, 1.82) is 0 Å². The molecule has 1 amide bonds. The highest BCUT2D eigenvalue weighted by Gasteiger charge is 2.27. The van der Waals surface area contributed by atoms with Crippen LogP contribution in [0.1, 0.15) is 88.5 Å². The topological polar surface area (TPSA) is 128 Å². The van der Waals surface area contributed by atoms with Crippen LogP contribution in [0.2, 0.25) is 0 Å². The summed E-state index contributed by atoms with van der Waals surface area (Å²) in [7, 11) is -4.36. The van der Waals surface area contributed by atoms with Gasteiger partial charge in [-0.15, -0.1) is 0 Å². The predicted octanol–water partition coefficient (Wildman–Crippen LogP) is 10.4. The lowest BCUT2D eigenvalue weighted by atomic mass is 9.91. The summed E-state index contributed by atoms with van der Waals surface area (Å²) in [5.74, 6) is 0.156. The summed E-state index contributed by atoms with van der Waals surface area (Å²) in [5, 5.41) is 14.1. The lowest BCUT2D eigenvalue weighted by Crippen LogP contribution is -2.22. The molecule has 0 aliphatic rings. The van der Waals surface area contributed by atoms with E-state index < -0.39 is 22.2 Å². The Hall–Kier alpha value is -5.26. The Kier molecular flexibility index (Phi) is 15.4. The van der Waals surface area contributed by atoms with E-state index in [0.717, 1.165) is 49.2 Å². The molecule has 0 fully saturated rings. The molecule has 1 unspecified atom stereocenters. The number of esters is 1. The average molecular weight is 796 g/mol. The highest BCUT2D eigenvalue weighted by Crippen LogP contribution is 2.41. The molecule has 294 valence electrons. The lowest BCUT2D eigenvalue weighted by Gasteiger charge is -2.23. The molecule has 0 heterocycles. The fourth-order valence-corrected chi connectivity index (χ4v) is 8.34. The molecule has 0 saturated carbocycles. The fourth-order valence-electron chi connectivity index (χ4n) is 6.04. The lowest BCUT2D eigenvalue weighted by molar-refractivity contribution is -0.144. The Balaban J connectivity index is 1.51. The second-order valence-electron chi connectivity index (χ2n) is 13.3. The summed E-state index contributed by atoms with van der Waals surface area (Å²) in [6.07, 6.45) is 5.31. The third kappa shape index (κ3) is 11.9. The SMILES string of the molecule is CCCCCCC(=O)NCc1ccc(O)c(C(OC(C)=O)c2ccccc2-c2ccc(Sc3ccc(OCCCC)cc3)c(S(=O)(=O)Oc3ccccc3)c2)c1. The van der Waals surface area contributed by atoms with E-state index in [2.05, 4.69) is 19.2 Å². The monoisotopic (exact) mass is 795 g/mol. The number of rotatable bonds is 20. The number of carbonyl (C=O) groups excluding carboxylic acids is 2. The minimum absolute atomic E-state index is 0.0544. The molecule has 56 heavy (non-hydrogen) atoms. The van der Waals surface area contributed by atoms with Gasteiger partial charge in [-0.3, -0.25) is 9.59 Å². The summed E-state index contributed by atoms with van der Waals surface area (Å²) in [6.45, 7) is 6.35. The Morgan fingerprint density at radius 2 is 1.50 bits per heavy atom. The molecule has 0 aliphatic carbocycles. The fraction of sp³-hybridized carbons (Fsp3) is 0.289. The molecule has 1 atom stereocenters. The second-order valence-corrected chi connectivity index (χ2v) is 16.0. The van der Waals surface area contributed by atoms with Crippen molar-refractivity contribution in [3.8, 4) is 28.4 Å². The van der Waals surface area contributed by atoms with Crippen molar-refractivity contribution in [3.05, 3.63) is 132 Å². The predicted molar refractivity (Wildman–Crippen MR) is 219 cm³/mol. The van der Waals surface area contributed by atoms with Gasteiger partial charge in [0, 0.05) is 40.8 Å². The number of phenols is 1. The van der Waals surface area contributed by atoms with Gasteiger partial charge < -0.3 is 24.1 Å². The standard InChI is InChI=1S/C45H49NO8S2/c1-4-6-8-12-19-44(49)46-31-33-20-26-41(48)40(29-33)45(53-32(3)47)39-18-14-13-17-38(39)34-21-27-42(55-37-24-22-35(23-25-37)52-28-7-5-2)43(30-34)56(50,51)54-36-15-10-9-11-16-36/h9-11,13-18,20-27,29-30,45,48H,4-8,12,19,28,31H2,1-3H3,(H,46,49). The molecule has 0 radical (unpaired) electrons. The molecule has 0 aliphatic heterocycles. The van der Waals surface area contributed by atoms with Crippen LogP contribution in [-0.4, -0.2) is 32.0 Å². The van der Waals surface area contributed by atoms with Crippen LogP contribution >= 0.6 is 11.8 Å². The number of phenolic OH excluding ortho intramolecular Hbond substituents is 1. The van der Waals surface area contributed by atoms with E-state index >= 15 is 0 Å². The van der Waals surface area contributed by atoms with Crippen LogP contribution in [0, 0.1) is 0 Å². The maximum atomic E-state index is 14.1. The van der Waals surface area contributed by atoms with Crippen molar-refractivity contribution in [3.63, 3.8) is 0 Å². The summed E-state index contributed by atoms with van der Waals surface area (Å²) in [4.78, 5) is 26.3. The smallest absolute Gasteiger partial charge is 0.340 e. The Bertz CT molecular complexity index is 2170. The molecule has 5 rings (SSSR count). The third-order valence-electron chi connectivity index (χ3n) is 8.94. The maximum Gasteiger partial charge on any atom is 0.340 e. The zero-order valence-electron chi connectivity index (χ0n) is 32.0. The van der Waals surface area contributed by atoms with Crippen molar-refractivity contribution < 1.29 is 36.8 Å². The normalized spacial score (nSPS) is 11.8. The van der Waals surface area contributed by atoms with E-state index in [1.54, 1.807) is 78.9 Å². The molecule has 0 aromatic heterocycles. The number of unbranched alkanes of at least 4 members (excludes halogenated alkanes) is 4. The molecule has 9 nitrogen and oxygen atoms in total. The zero-order valence-corrected chi connectivity index (χ0v) is 33.7. The molecule has 0 saturated heterocycles. The van der Waals surface area contributed by atoms with Gasteiger partial charge in [-0.1, -0.05) is 106 Å². The third-order valence-corrected chi connectivity index (χ3v) is 11.4. The number of benzene rings is 5. The summed E-state index contributed by atoms with van der Waals surface area (Å²) >= 11 is 1.28. The van der Waals surface area contributed by atoms with E-state index in [0.29, 0.717) is 45.7 Å². The second kappa shape index (κ2) is 20.6. The quantitative estimate of drug-likeness (QED) is 0.0449. The van der Waals surface area contributed by atoms with Crippen LogP contribution in [0.4, 0.5) is 0 Å². The molecular weight excluding hydrogens is 747 g/mol. The first-order valence-electron chi connectivity index (χ1n) is 19.0. The highest BCUT2D eigenvalue weighted by molar-refractivity contribution is 8.00. The van der Waals surface area contributed by atoms with Crippen LogP contribution in [0.25, 0.3) is 11.1 Å². The van der Waals surface area contributed by atoms with Gasteiger partial charge in [0.2, 0.25) is 5.91 Å². The van der Waals surface area contributed by atoms with Crippen molar-refractivity contribution in [1.82, 2.24) is 5.32 Å². The summed E-state index contributed by atoms with van der Waals surface area (Å²) in [5.41, 5.74) is 2.63. The number of carbonyl (C=O) groups is 2. The maximum absolute atomic E-state index is 14.1. The van der Waals surface area contributed by atoms with Crippen LogP contribution in [-0.2, 0) is 31.0 Å². The van der Waals surface area contributed by atoms with E-state index in [4.69, 9.17) is 13.7 Å². The van der Waals surface area contributed by atoms with Crippen molar-refractivity contribution in [2.24, 2.45) is 0 Å². The van der Waals surface area contributed by atoms with Crippen molar-refractivity contribution >= 4 is 33.8 Å². The van der Waals surface area contributed by atoms with Gasteiger partial charge in [0.05, 0.1) is 6.61 Å². The van der Waals surface area contributed by atoms with E-state index in [-0.39, 0.29) is 28.8 Å². The minimum Gasteiger partial charge on any atom is -0.508 e. The summed E-state index contributed by atoms with van der Waals surface area (Å²) < 4.78 is 45.5. The number of amides is 1. The molecule has 0 spiro atoms. The van der Waals surface area contributed by atoms with Gasteiger partial charge in [-0.05, 0) is 90.2 Å². The van der Waals surface area contributed by atoms with Gasteiger partial charge in [-0.2, -0.15) is 8.42 Å². The molecule has 5 aromatic rings. The zero-order chi connectivity index (χ0) is 39.9. The van der Waals surface area contributed by atoms with E-state index in [1.807, 2.05) is 30.3 Å². The van der Waals surface area contributed by atoms with Gasteiger partial charge in [0.25, 0.3) is 0 Å². The molecule has 11 heteroatoms. The first-order chi connectivity index (χ1) is 27.1. The number of para-hydroxylation sites is 1. The average Bonchev–Trinajstić information content (AvgIpc) is 3.19. The Labute approximate surface area is 334 Å². The summed E-state index contributed by atoms with van der Waals surface area (Å²) in [6, 6.07) is 33.0. The van der Waals surface area contributed by atoms with Crippen LogP contribution in [0.5, 0.6) is 17.2 Å². The van der Waals surface area contributed by atoms with E-state index in [9.17, 15) is 23.1 Å². The largest absolute Gasteiger partial charge is 0.508 e. The molecule has 0 bridgehead atoms. The van der Waals surface area contributed by atoms with Gasteiger partial charge in [0.1, 0.15) is 22.1 Å². The number of nitrogens with one attached hydrogen (secondary N) is 1. The minimum atomic E-state index is -4.36. The van der Waals surface area contributed by atoms with Gasteiger partial charge in [0.15, 0.2) is 6.10 Å². The molecule has 2 N–H and O–H groups in total. The van der Waals surface area contributed by atoms with Crippen molar-refractivity contribution in [2.45, 2.75) is 93.1 Å². The van der Waals surface area contributed by atoms with Gasteiger partial charge >= 0.3 is 16.1 Å². The van der Waals surface area contributed by atoms with Crippen LogP contribution in [0.3, 0.4) is 0 Å². The number of hydrogen-bond donors (Lipinski definition) is 2.